The molecule has 2 amide bonds. The second-order valence-electron chi connectivity index (χ2n) is 9.66. The van der Waals surface area contributed by atoms with E-state index in [0.717, 1.165) is 10.6 Å². The third-order valence-electron chi connectivity index (χ3n) is 7.02. The Balaban J connectivity index is 1.29. The van der Waals surface area contributed by atoms with Gasteiger partial charge in [0.05, 0.1) is 33.8 Å². The zero-order valence-electron chi connectivity index (χ0n) is 21.4. The van der Waals surface area contributed by atoms with Crippen LogP contribution in [-0.4, -0.2) is 76.4 Å². The third-order valence-corrected chi connectivity index (χ3v) is 9.94. The molecule has 1 N–H and O–H groups in total. The smallest absolute Gasteiger partial charge is 0.262 e. The van der Waals surface area contributed by atoms with Gasteiger partial charge in [-0.25, -0.2) is 8.42 Å². The van der Waals surface area contributed by atoms with Crippen molar-refractivity contribution >= 4 is 39.0 Å². The van der Waals surface area contributed by atoms with E-state index < -0.39 is 28.1 Å². The van der Waals surface area contributed by atoms with E-state index in [-0.39, 0.29) is 36.4 Å². The van der Waals surface area contributed by atoms with E-state index in [1.165, 1.54) is 26.7 Å². The number of nitrogens with zero attached hydrogens (tertiary/aromatic N) is 4. The van der Waals surface area contributed by atoms with Crippen LogP contribution in [0, 0.1) is 0 Å². The van der Waals surface area contributed by atoms with Crippen molar-refractivity contribution in [2.75, 3.05) is 13.1 Å². The fourth-order valence-corrected chi connectivity index (χ4v) is 7.84. The average Bonchev–Trinajstić information content (AvgIpc) is 3.66. The number of pyridine rings is 2. The normalized spacial score (nSPS) is 20.1. The summed E-state index contributed by atoms with van der Waals surface area (Å²) in [5.41, 5.74) is 1.29. The Bertz CT molecular complexity index is 1460. The first-order valence-electron chi connectivity index (χ1n) is 12.8. The Labute approximate surface area is 231 Å². The maximum Gasteiger partial charge on any atom is 0.262 e. The molecule has 204 valence electrons. The Kier molecular flexibility index (Phi) is 7.87. The molecular formula is C27H29N5O5S2. The number of likely N-dealkylation sites (tertiary alicyclic amines) is 1. The van der Waals surface area contributed by atoms with Crippen molar-refractivity contribution in [1.82, 2.24) is 24.5 Å². The number of amides is 2. The van der Waals surface area contributed by atoms with Gasteiger partial charge in [0.2, 0.25) is 15.9 Å². The fraction of sp³-hybridized carbons (Fsp3) is 0.370. The Hall–Kier alpha value is -3.48. The first kappa shape index (κ1) is 27.1. The molecule has 12 heteroatoms. The maximum atomic E-state index is 13.6. The van der Waals surface area contributed by atoms with Gasteiger partial charge in [-0.2, -0.15) is 4.31 Å². The van der Waals surface area contributed by atoms with Crippen molar-refractivity contribution in [3.8, 4) is 10.6 Å². The molecule has 39 heavy (non-hydrogen) atoms. The van der Waals surface area contributed by atoms with E-state index in [4.69, 9.17) is 0 Å². The molecule has 0 spiro atoms. The van der Waals surface area contributed by atoms with Gasteiger partial charge in [0.15, 0.2) is 5.78 Å². The number of nitrogens with one attached hydrogen (secondary N) is 1. The molecule has 0 bridgehead atoms. The quantitative estimate of drug-likeness (QED) is 0.421. The minimum Gasteiger partial charge on any atom is -0.340 e. The molecule has 5 heterocycles. The van der Waals surface area contributed by atoms with Gasteiger partial charge in [0.25, 0.3) is 5.91 Å². The van der Waals surface area contributed by atoms with Crippen LogP contribution < -0.4 is 5.32 Å². The molecule has 3 unspecified atom stereocenters. The standard InChI is InChI=1S/C27H29N5O5S2/c1-2-6-20(30-26(34)24-10-9-23(38-24)19-8-3-4-13-29-19)27(35)31-14-11-21-25(31)22(33)16-32(21)39(36,37)17-18-7-5-12-28-15-18/h3-5,7-10,12-13,15,20-21,25H,2,6,11,14,16-17H2,1H3,(H,30,34). The predicted octanol–water partition coefficient (Wildman–Crippen LogP) is 2.49. The van der Waals surface area contributed by atoms with Crippen LogP contribution in [0.4, 0.5) is 0 Å². The van der Waals surface area contributed by atoms with Crippen LogP contribution in [-0.2, 0) is 25.4 Å². The lowest BCUT2D eigenvalue weighted by Crippen LogP contribution is -2.52. The number of carbonyl (C=O) groups excluding carboxylic acids is 3. The maximum absolute atomic E-state index is 13.6. The third kappa shape index (κ3) is 5.63. The summed E-state index contributed by atoms with van der Waals surface area (Å²) in [6.07, 6.45) is 6.14. The first-order valence-corrected chi connectivity index (χ1v) is 15.2. The highest BCUT2D eigenvalue weighted by molar-refractivity contribution is 7.88. The van der Waals surface area contributed by atoms with Crippen LogP contribution in [0.3, 0.4) is 0 Å². The van der Waals surface area contributed by atoms with E-state index in [1.54, 1.807) is 30.6 Å². The lowest BCUT2D eigenvalue weighted by molar-refractivity contribution is -0.138. The summed E-state index contributed by atoms with van der Waals surface area (Å²) >= 11 is 1.29. The van der Waals surface area contributed by atoms with Crippen molar-refractivity contribution in [2.24, 2.45) is 0 Å². The summed E-state index contributed by atoms with van der Waals surface area (Å²) in [5.74, 6) is -1.30. The molecule has 3 aromatic rings. The Morgan fingerprint density at radius 3 is 2.72 bits per heavy atom. The van der Waals surface area contributed by atoms with E-state index in [9.17, 15) is 22.8 Å². The molecular weight excluding hydrogens is 538 g/mol. The second kappa shape index (κ2) is 11.3. The number of hydrogen-bond acceptors (Lipinski definition) is 8. The van der Waals surface area contributed by atoms with Crippen molar-refractivity contribution in [3.05, 3.63) is 71.5 Å². The van der Waals surface area contributed by atoms with Crippen LogP contribution in [0.15, 0.2) is 61.1 Å². The Morgan fingerprint density at radius 1 is 1.15 bits per heavy atom. The summed E-state index contributed by atoms with van der Waals surface area (Å²) in [7, 11) is -3.79. The van der Waals surface area contributed by atoms with E-state index in [2.05, 4.69) is 15.3 Å². The largest absolute Gasteiger partial charge is 0.340 e. The number of rotatable bonds is 9. The number of sulfonamides is 1. The van der Waals surface area contributed by atoms with Crippen molar-refractivity contribution in [1.29, 1.82) is 0 Å². The molecule has 0 saturated carbocycles. The second-order valence-corrected chi connectivity index (χ2v) is 12.7. The zero-order valence-corrected chi connectivity index (χ0v) is 23.0. The summed E-state index contributed by atoms with van der Waals surface area (Å²) in [5, 5.41) is 2.85. The fourth-order valence-electron chi connectivity index (χ4n) is 5.24. The van der Waals surface area contributed by atoms with Crippen LogP contribution in [0.25, 0.3) is 10.6 Å². The number of thiophene rings is 1. The predicted molar refractivity (Wildman–Crippen MR) is 146 cm³/mol. The molecule has 3 aromatic heterocycles. The molecule has 5 rings (SSSR count). The number of hydrogen-bond donors (Lipinski definition) is 1. The van der Waals surface area contributed by atoms with Gasteiger partial charge in [-0.05, 0) is 48.7 Å². The lowest BCUT2D eigenvalue weighted by Gasteiger charge is -2.28. The van der Waals surface area contributed by atoms with Crippen molar-refractivity contribution < 1.29 is 22.8 Å². The van der Waals surface area contributed by atoms with E-state index in [1.807, 2.05) is 31.2 Å². The molecule has 0 radical (unpaired) electrons. The minimum absolute atomic E-state index is 0.248. The summed E-state index contributed by atoms with van der Waals surface area (Å²) in [4.78, 5) is 50.8. The lowest BCUT2D eigenvalue weighted by atomic mass is 10.1. The van der Waals surface area contributed by atoms with Gasteiger partial charge in [0, 0.05) is 25.1 Å². The number of carbonyl (C=O) groups is 3. The number of ketones is 1. The van der Waals surface area contributed by atoms with Crippen LogP contribution >= 0.6 is 11.3 Å². The SMILES string of the molecule is CCCC(NC(=O)c1ccc(-c2ccccn2)s1)C(=O)N1CCC2C1C(=O)CN2S(=O)(=O)Cc1cccnc1. The monoisotopic (exact) mass is 567 g/mol. The van der Waals surface area contributed by atoms with Crippen LogP contribution in [0.5, 0.6) is 0 Å². The van der Waals surface area contributed by atoms with Crippen molar-refractivity contribution in [2.45, 2.75) is 50.1 Å². The number of aromatic nitrogens is 2. The molecule has 2 aliphatic rings. The molecule has 2 saturated heterocycles. The van der Waals surface area contributed by atoms with Crippen molar-refractivity contribution in [3.63, 3.8) is 0 Å². The van der Waals surface area contributed by atoms with Crippen LogP contribution in [0.2, 0.25) is 0 Å². The zero-order chi connectivity index (χ0) is 27.6. The topological polar surface area (TPSA) is 130 Å². The minimum atomic E-state index is -3.79. The van der Waals surface area contributed by atoms with Gasteiger partial charge in [-0.3, -0.25) is 24.4 Å². The molecule has 10 nitrogen and oxygen atoms in total. The number of Topliss-reactive ketones (excluding diaryl/α,β-unsaturated/α-hetero) is 1. The first-order chi connectivity index (χ1) is 18.8. The highest BCUT2D eigenvalue weighted by Crippen LogP contribution is 2.33. The van der Waals surface area contributed by atoms with Gasteiger partial charge >= 0.3 is 0 Å². The summed E-state index contributed by atoms with van der Waals surface area (Å²) in [6.45, 7) is 1.90. The van der Waals surface area contributed by atoms with Gasteiger partial charge in [-0.15, -0.1) is 11.3 Å². The van der Waals surface area contributed by atoms with E-state index >= 15 is 0 Å². The molecule has 2 fully saturated rings. The molecule has 3 atom stereocenters. The average molecular weight is 568 g/mol. The van der Waals surface area contributed by atoms with Gasteiger partial charge < -0.3 is 10.2 Å². The summed E-state index contributed by atoms with van der Waals surface area (Å²) in [6, 6.07) is 10.1. The van der Waals surface area contributed by atoms with Gasteiger partial charge in [0.1, 0.15) is 12.1 Å². The molecule has 0 aromatic carbocycles. The van der Waals surface area contributed by atoms with Crippen LogP contribution in [0.1, 0.15) is 41.4 Å². The van der Waals surface area contributed by atoms with Gasteiger partial charge in [-0.1, -0.05) is 25.5 Å². The Morgan fingerprint density at radius 2 is 2.00 bits per heavy atom. The van der Waals surface area contributed by atoms with E-state index in [0.29, 0.717) is 29.7 Å². The molecule has 2 aliphatic heterocycles. The highest BCUT2D eigenvalue weighted by Gasteiger charge is 2.54. The summed E-state index contributed by atoms with van der Waals surface area (Å²) < 4.78 is 27.6. The highest BCUT2D eigenvalue weighted by atomic mass is 32.2. The molecule has 0 aliphatic carbocycles. The number of fused-ring (bicyclic) bond motifs is 1.